The lowest BCUT2D eigenvalue weighted by Crippen LogP contribution is -2.30. The van der Waals surface area contributed by atoms with Crippen LogP contribution in [0, 0.1) is 5.92 Å². The molecule has 0 amide bonds. The molecule has 0 unspecified atom stereocenters. The van der Waals surface area contributed by atoms with Gasteiger partial charge >= 0.3 is 0 Å². The van der Waals surface area contributed by atoms with Crippen molar-refractivity contribution in [3.05, 3.63) is 29.3 Å². The van der Waals surface area contributed by atoms with Gasteiger partial charge in [-0.1, -0.05) is 26.0 Å². The normalized spacial score (nSPS) is 15.5. The molecule has 19 heavy (non-hydrogen) atoms. The molecular formula is C14H22N2O2S. The Bertz CT molecular complexity index is 538. The van der Waals surface area contributed by atoms with Crippen molar-refractivity contribution in [2.75, 3.05) is 13.1 Å². The average molecular weight is 282 g/mol. The monoisotopic (exact) mass is 282 g/mol. The molecule has 0 radical (unpaired) electrons. The molecule has 0 bridgehead atoms. The first kappa shape index (κ1) is 14.5. The van der Waals surface area contributed by atoms with Gasteiger partial charge in [-0.3, -0.25) is 0 Å². The number of rotatable bonds is 5. The number of nitrogens with one attached hydrogen (secondary N) is 2. The molecule has 1 aromatic carbocycles. The highest BCUT2D eigenvalue weighted by Crippen LogP contribution is 2.22. The third-order valence-electron chi connectivity index (χ3n) is 3.40. The molecule has 0 saturated heterocycles. The van der Waals surface area contributed by atoms with E-state index in [2.05, 4.69) is 23.9 Å². The quantitative estimate of drug-likeness (QED) is 0.863. The molecular weight excluding hydrogens is 260 g/mol. The minimum absolute atomic E-state index is 0.454. The smallest absolute Gasteiger partial charge is 0.240 e. The Balaban J connectivity index is 2.21. The van der Waals surface area contributed by atoms with Gasteiger partial charge in [-0.25, -0.2) is 13.1 Å². The summed E-state index contributed by atoms with van der Waals surface area (Å²) in [6, 6.07) is 5.53. The highest BCUT2D eigenvalue weighted by molar-refractivity contribution is 7.89. The van der Waals surface area contributed by atoms with Crippen LogP contribution >= 0.6 is 0 Å². The second-order valence-electron chi connectivity index (χ2n) is 5.40. The minimum atomic E-state index is -3.38. The molecule has 1 aliphatic heterocycles. The first-order valence-corrected chi connectivity index (χ1v) is 8.30. The maximum atomic E-state index is 12.4. The summed E-state index contributed by atoms with van der Waals surface area (Å²) in [6.45, 7) is 6.27. The lowest BCUT2D eigenvalue weighted by atomic mass is 10.0. The van der Waals surface area contributed by atoms with Gasteiger partial charge in [0.1, 0.15) is 0 Å². The molecule has 0 fully saturated rings. The fourth-order valence-electron chi connectivity index (χ4n) is 2.31. The highest BCUT2D eigenvalue weighted by Gasteiger charge is 2.21. The van der Waals surface area contributed by atoms with Gasteiger partial charge in [-0.15, -0.1) is 0 Å². The average Bonchev–Trinajstić information content (AvgIpc) is 2.37. The van der Waals surface area contributed by atoms with E-state index >= 15 is 0 Å². The van der Waals surface area contributed by atoms with E-state index in [1.165, 1.54) is 0 Å². The Morgan fingerprint density at radius 3 is 2.89 bits per heavy atom. The van der Waals surface area contributed by atoms with Gasteiger partial charge in [0.25, 0.3) is 0 Å². The zero-order valence-electron chi connectivity index (χ0n) is 11.6. The summed E-state index contributed by atoms with van der Waals surface area (Å²) < 4.78 is 27.4. The fraction of sp³-hybridized carbons (Fsp3) is 0.571. The van der Waals surface area contributed by atoms with Crippen LogP contribution in [0.25, 0.3) is 0 Å². The molecule has 2 rings (SSSR count). The lowest BCUT2D eigenvalue weighted by Gasteiger charge is -2.20. The maximum absolute atomic E-state index is 12.4. The van der Waals surface area contributed by atoms with Gasteiger partial charge in [0.15, 0.2) is 0 Å². The van der Waals surface area contributed by atoms with Crippen molar-refractivity contribution in [1.82, 2.24) is 10.0 Å². The van der Waals surface area contributed by atoms with Crippen LogP contribution in [-0.2, 0) is 23.0 Å². The topological polar surface area (TPSA) is 58.2 Å². The van der Waals surface area contributed by atoms with Crippen molar-refractivity contribution in [2.24, 2.45) is 5.92 Å². The molecule has 1 heterocycles. The SMILES string of the molecule is CC(C)CCNS(=O)(=O)c1cccc2c1CCNC2. The molecule has 106 valence electrons. The minimum Gasteiger partial charge on any atom is -0.312 e. The van der Waals surface area contributed by atoms with Crippen LogP contribution in [0.2, 0.25) is 0 Å². The summed E-state index contributed by atoms with van der Waals surface area (Å²) in [5, 5.41) is 3.26. The van der Waals surface area contributed by atoms with Crippen LogP contribution in [0.4, 0.5) is 0 Å². The number of hydrogen-bond donors (Lipinski definition) is 2. The van der Waals surface area contributed by atoms with E-state index in [0.29, 0.717) is 17.4 Å². The van der Waals surface area contributed by atoms with Gasteiger partial charge < -0.3 is 5.32 Å². The summed E-state index contributed by atoms with van der Waals surface area (Å²) in [4.78, 5) is 0.454. The molecule has 0 saturated carbocycles. The van der Waals surface area contributed by atoms with E-state index in [9.17, 15) is 8.42 Å². The standard InChI is InChI=1S/C14H22N2O2S/c1-11(2)6-9-16-19(17,18)14-5-3-4-12-10-15-8-7-13(12)14/h3-5,11,15-16H,6-10H2,1-2H3. The molecule has 0 aromatic heterocycles. The fourth-order valence-corrected chi connectivity index (χ4v) is 3.67. The number of sulfonamides is 1. The Labute approximate surface area is 115 Å². The summed E-state index contributed by atoms with van der Waals surface area (Å²) in [5.74, 6) is 0.497. The summed E-state index contributed by atoms with van der Waals surface area (Å²) in [5.41, 5.74) is 2.07. The second kappa shape index (κ2) is 6.03. The Morgan fingerprint density at radius 2 is 2.16 bits per heavy atom. The van der Waals surface area contributed by atoms with Crippen LogP contribution in [0.15, 0.2) is 23.1 Å². The van der Waals surface area contributed by atoms with E-state index in [1.54, 1.807) is 6.07 Å². The first-order chi connectivity index (χ1) is 9.00. The zero-order chi connectivity index (χ0) is 13.9. The van der Waals surface area contributed by atoms with Gasteiger partial charge in [-0.2, -0.15) is 0 Å². The molecule has 4 nitrogen and oxygen atoms in total. The summed E-state index contributed by atoms with van der Waals surface area (Å²) in [6.07, 6.45) is 1.63. The molecule has 1 aromatic rings. The highest BCUT2D eigenvalue weighted by atomic mass is 32.2. The summed E-state index contributed by atoms with van der Waals surface area (Å²) >= 11 is 0. The Hall–Kier alpha value is -0.910. The predicted octanol–water partition coefficient (Wildman–Crippen LogP) is 1.66. The third kappa shape index (κ3) is 3.55. The number of benzene rings is 1. The van der Waals surface area contributed by atoms with Crippen LogP contribution < -0.4 is 10.0 Å². The molecule has 5 heteroatoms. The van der Waals surface area contributed by atoms with Crippen LogP contribution in [0.1, 0.15) is 31.4 Å². The van der Waals surface area contributed by atoms with E-state index in [4.69, 9.17) is 0 Å². The van der Waals surface area contributed by atoms with Crippen LogP contribution in [0.3, 0.4) is 0 Å². The maximum Gasteiger partial charge on any atom is 0.240 e. The molecule has 0 spiro atoms. The van der Waals surface area contributed by atoms with Crippen molar-refractivity contribution in [3.63, 3.8) is 0 Å². The third-order valence-corrected chi connectivity index (χ3v) is 4.95. The van der Waals surface area contributed by atoms with Gasteiger partial charge in [0.05, 0.1) is 4.90 Å². The molecule has 0 aliphatic carbocycles. The Kier molecular flexibility index (Phi) is 4.60. The molecule has 2 N–H and O–H groups in total. The summed E-state index contributed by atoms with van der Waals surface area (Å²) in [7, 11) is -3.38. The molecule has 0 atom stereocenters. The van der Waals surface area contributed by atoms with Crippen molar-refractivity contribution < 1.29 is 8.42 Å². The van der Waals surface area contributed by atoms with Gasteiger partial charge in [0.2, 0.25) is 10.0 Å². The zero-order valence-corrected chi connectivity index (χ0v) is 12.4. The van der Waals surface area contributed by atoms with Crippen LogP contribution in [0.5, 0.6) is 0 Å². The van der Waals surface area contributed by atoms with Crippen molar-refractivity contribution in [2.45, 2.75) is 38.1 Å². The van der Waals surface area contributed by atoms with Crippen molar-refractivity contribution in [1.29, 1.82) is 0 Å². The van der Waals surface area contributed by atoms with Crippen LogP contribution in [-0.4, -0.2) is 21.5 Å². The largest absolute Gasteiger partial charge is 0.312 e. The van der Waals surface area contributed by atoms with Gasteiger partial charge in [-0.05, 0) is 42.5 Å². The van der Waals surface area contributed by atoms with Crippen molar-refractivity contribution >= 4 is 10.0 Å². The number of hydrogen-bond acceptors (Lipinski definition) is 3. The Morgan fingerprint density at radius 1 is 1.37 bits per heavy atom. The van der Waals surface area contributed by atoms with Gasteiger partial charge in [0, 0.05) is 13.1 Å². The van der Waals surface area contributed by atoms with E-state index in [-0.39, 0.29) is 0 Å². The second-order valence-corrected chi connectivity index (χ2v) is 7.14. The first-order valence-electron chi connectivity index (χ1n) is 6.82. The van der Waals surface area contributed by atoms with E-state index in [0.717, 1.165) is 37.1 Å². The van der Waals surface area contributed by atoms with Crippen molar-refractivity contribution in [3.8, 4) is 0 Å². The van der Waals surface area contributed by atoms with E-state index < -0.39 is 10.0 Å². The van der Waals surface area contributed by atoms with E-state index in [1.807, 2.05) is 12.1 Å². The number of fused-ring (bicyclic) bond motifs is 1. The molecule has 1 aliphatic rings. The predicted molar refractivity (Wildman–Crippen MR) is 76.5 cm³/mol. The lowest BCUT2D eigenvalue weighted by molar-refractivity contribution is 0.549.